The van der Waals surface area contributed by atoms with Crippen molar-refractivity contribution in [1.29, 1.82) is 5.26 Å². The molecule has 3 nitrogen and oxygen atoms in total. The van der Waals surface area contributed by atoms with Gasteiger partial charge in [0.15, 0.2) is 0 Å². The Bertz CT molecular complexity index is 523. The van der Waals surface area contributed by atoms with Gasteiger partial charge in [-0.15, -0.1) is 0 Å². The molecular weight excluding hydrogens is 258 g/mol. The molecule has 0 aliphatic carbocycles. The van der Waals surface area contributed by atoms with E-state index in [1.165, 1.54) is 0 Å². The van der Waals surface area contributed by atoms with E-state index in [0.29, 0.717) is 16.6 Å². The van der Waals surface area contributed by atoms with E-state index in [0.717, 1.165) is 43.6 Å². The summed E-state index contributed by atoms with van der Waals surface area (Å²) in [6.07, 6.45) is 0. The van der Waals surface area contributed by atoms with Crippen LogP contribution < -0.4 is 5.32 Å². The number of fused-ring (bicyclic) bond motifs is 1. The van der Waals surface area contributed by atoms with Crippen LogP contribution in [0.5, 0.6) is 0 Å². The molecule has 0 saturated carbocycles. The van der Waals surface area contributed by atoms with Crippen molar-refractivity contribution in [3.8, 4) is 6.07 Å². The number of benzene rings is 1. The first-order valence-corrected chi connectivity index (χ1v) is 7.20. The second kappa shape index (κ2) is 5.13. The molecule has 2 fully saturated rings. The van der Waals surface area contributed by atoms with Crippen molar-refractivity contribution >= 4 is 11.6 Å². The lowest BCUT2D eigenvalue weighted by Crippen LogP contribution is -2.32. The number of likely N-dealkylation sites (tertiary alicyclic amines) is 1. The highest BCUT2D eigenvalue weighted by Crippen LogP contribution is 2.34. The van der Waals surface area contributed by atoms with Gasteiger partial charge in [0.1, 0.15) is 0 Å². The van der Waals surface area contributed by atoms with E-state index < -0.39 is 0 Å². The first kappa shape index (κ1) is 12.9. The van der Waals surface area contributed by atoms with Crippen LogP contribution in [0.2, 0.25) is 5.02 Å². The Morgan fingerprint density at radius 3 is 3.00 bits per heavy atom. The fourth-order valence-electron chi connectivity index (χ4n) is 3.43. The van der Waals surface area contributed by atoms with Gasteiger partial charge in [0.2, 0.25) is 0 Å². The highest BCUT2D eigenvalue weighted by Gasteiger charge is 2.41. The molecule has 4 heteroatoms. The number of hydrogen-bond acceptors (Lipinski definition) is 3. The van der Waals surface area contributed by atoms with Gasteiger partial charge in [-0.2, -0.15) is 5.26 Å². The molecule has 0 bridgehead atoms. The molecule has 0 radical (unpaired) electrons. The Balaban J connectivity index is 1.74. The fraction of sp³-hybridized carbons (Fsp3) is 0.533. The van der Waals surface area contributed by atoms with Crippen LogP contribution >= 0.6 is 11.6 Å². The zero-order chi connectivity index (χ0) is 13.4. The minimum atomic E-state index is 0.603. The standard InChI is InChI=1S/C15H18ClN3/c1-10-14-7-18-6-13(14)9-19(10)8-12-3-2-11(5-17)4-15(12)16/h2-4,10,13-14,18H,6-9H2,1H3. The molecule has 1 aromatic carbocycles. The summed E-state index contributed by atoms with van der Waals surface area (Å²) in [5.41, 5.74) is 1.75. The summed E-state index contributed by atoms with van der Waals surface area (Å²) in [6.45, 7) is 6.64. The minimum Gasteiger partial charge on any atom is -0.316 e. The molecule has 2 aliphatic heterocycles. The monoisotopic (exact) mass is 275 g/mol. The van der Waals surface area contributed by atoms with E-state index in [1.54, 1.807) is 6.07 Å². The van der Waals surface area contributed by atoms with Crippen LogP contribution in [0, 0.1) is 23.2 Å². The minimum absolute atomic E-state index is 0.603. The molecule has 1 aromatic rings. The van der Waals surface area contributed by atoms with E-state index in [4.69, 9.17) is 16.9 Å². The first-order chi connectivity index (χ1) is 9.19. The van der Waals surface area contributed by atoms with E-state index in [2.05, 4.69) is 23.2 Å². The van der Waals surface area contributed by atoms with Crippen molar-refractivity contribution in [3.05, 3.63) is 34.3 Å². The first-order valence-electron chi connectivity index (χ1n) is 6.82. The van der Waals surface area contributed by atoms with Crippen LogP contribution in [-0.2, 0) is 6.54 Å². The molecule has 3 atom stereocenters. The van der Waals surface area contributed by atoms with Crippen LogP contribution in [0.3, 0.4) is 0 Å². The number of rotatable bonds is 2. The average molecular weight is 276 g/mol. The summed E-state index contributed by atoms with van der Waals surface area (Å²) in [5.74, 6) is 1.56. The predicted octanol–water partition coefficient (Wildman–Crippen LogP) is 2.25. The van der Waals surface area contributed by atoms with E-state index in [1.807, 2.05) is 12.1 Å². The molecule has 19 heavy (non-hydrogen) atoms. The van der Waals surface area contributed by atoms with Crippen LogP contribution in [0.1, 0.15) is 18.1 Å². The van der Waals surface area contributed by atoms with Gasteiger partial charge in [0, 0.05) is 24.2 Å². The summed E-state index contributed by atoms with van der Waals surface area (Å²) >= 11 is 6.26. The van der Waals surface area contributed by atoms with Gasteiger partial charge in [-0.1, -0.05) is 17.7 Å². The van der Waals surface area contributed by atoms with Gasteiger partial charge in [0.25, 0.3) is 0 Å². The zero-order valence-electron chi connectivity index (χ0n) is 11.1. The topological polar surface area (TPSA) is 39.1 Å². The third-order valence-corrected chi connectivity index (χ3v) is 4.96. The van der Waals surface area contributed by atoms with Gasteiger partial charge < -0.3 is 5.32 Å². The Morgan fingerprint density at radius 2 is 2.32 bits per heavy atom. The highest BCUT2D eigenvalue weighted by atomic mass is 35.5. The van der Waals surface area contributed by atoms with Gasteiger partial charge in [-0.3, -0.25) is 4.90 Å². The van der Waals surface area contributed by atoms with E-state index in [9.17, 15) is 0 Å². The molecule has 0 spiro atoms. The third kappa shape index (κ3) is 2.36. The van der Waals surface area contributed by atoms with Crippen molar-refractivity contribution in [2.24, 2.45) is 11.8 Å². The SMILES string of the molecule is CC1C2CNCC2CN1Cc1ccc(C#N)cc1Cl. The quantitative estimate of drug-likeness (QED) is 0.900. The second-order valence-corrected chi connectivity index (χ2v) is 6.08. The van der Waals surface area contributed by atoms with Crippen LogP contribution in [0.15, 0.2) is 18.2 Å². The molecule has 1 N–H and O–H groups in total. The Kier molecular flexibility index (Phi) is 3.49. The fourth-order valence-corrected chi connectivity index (χ4v) is 3.67. The lowest BCUT2D eigenvalue weighted by molar-refractivity contribution is 0.231. The van der Waals surface area contributed by atoms with Crippen molar-refractivity contribution in [1.82, 2.24) is 10.2 Å². The van der Waals surface area contributed by atoms with Crippen molar-refractivity contribution in [2.45, 2.75) is 19.5 Å². The van der Waals surface area contributed by atoms with Crippen LogP contribution in [-0.4, -0.2) is 30.6 Å². The molecular formula is C15H18ClN3. The van der Waals surface area contributed by atoms with E-state index >= 15 is 0 Å². The molecule has 100 valence electrons. The molecule has 3 unspecified atom stereocenters. The summed E-state index contributed by atoms with van der Waals surface area (Å²) in [7, 11) is 0. The van der Waals surface area contributed by atoms with Crippen LogP contribution in [0.4, 0.5) is 0 Å². The van der Waals surface area contributed by atoms with E-state index in [-0.39, 0.29) is 0 Å². The number of nitrogens with zero attached hydrogens (tertiary/aromatic N) is 2. The maximum Gasteiger partial charge on any atom is 0.0992 e. The predicted molar refractivity (Wildman–Crippen MR) is 75.9 cm³/mol. The molecule has 0 amide bonds. The van der Waals surface area contributed by atoms with Crippen molar-refractivity contribution < 1.29 is 0 Å². The zero-order valence-corrected chi connectivity index (χ0v) is 11.8. The van der Waals surface area contributed by atoms with Gasteiger partial charge in [-0.25, -0.2) is 0 Å². The van der Waals surface area contributed by atoms with Gasteiger partial charge >= 0.3 is 0 Å². The summed E-state index contributed by atoms with van der Waals surface area (Å²) in [6, 6.07) is 8.33. The normalized spacial score (nSPS) is 30.3. The Hall–Kier alpha value is -1.08. The van der Waals surface area contributed by atoms with Gasteiger partial charge in [0.05, 0.1) is 11.6 Å². The molecule has 2 heterocycles. The lowest BCUT2D eigenvalue weighted by Gasteiger charge is -2.24. The third-order valence-electron chi connectivity index (χ3n) is 4.61. The number of nitriles is 1. The average Bonchev–Trinajstić information content (AvgIpc) is 2.96. The summed E-state index contributed by atoms with van der Waals surface area (Å²) in [5, 5.41) is 13.0. The highest BCUT2D eigenvalue weighted by molar-refractivity contribution is 6.31. The second-order valence-electron chi connectivity index (χ2n) is 5.67. The molecule has 2 saturated heterocycles. The maximum absolute atomic E-state index is 8.86. The Morgan fingerprint density at radius 1 is 1.47 bits per heavy atom. The maximum atomic E-state index is 8.86. The molecule has 3 rings (SSSR count). The van der Waals surface area contributed by atoms with Gasteiger partial charge in [-0.05, 0) is 49.5 Å². The number of halogens is 1. The molecule has 2 aliphatic rings. The van der Waals surface area contributed by atoms with Crippen molar-refractivity contribution in [3.63, 3.8) is 0 Å². The Labute approximate surface area is 119 Å². The van der Waals surface area contributed by atoms with Crippen LogP contribution in [0.25, 0.3) is 0 Å². The smallest absolute Gasteiger partial charge is 0.0992 e. The number of hydrogen-bond donors (Lipinski definition) is 1. The van der Waals surface area contributed by atoms with Crippen molar-refractivity contribution in [2.75, 3.05) is 19.6 Å². The number of nitrogens with one attached hydrogen (secondary N) is 1. The summed E-state index contributed by atoms with van der Waals surface area (Å²) in [4.78, 5) is 2.52. The summed E-state index contributed by atoms with van der Waals surface area (Å²) < 4.78 is 0. The largest absolute Gasteiger partial charge is 0.316 e. The molecule has 0 aromatic heterocycles. The lowest BCUT2D eigenvalue weighted by atomic mass is 9.95.